The van der Waals surface area contributed by atoms with E-state index in [1.807, 2.05) is 0 Å². The fourth-order valence-electron chi connectivity index (χ4n) is 2.03. The summed E-state index contributed by atoms with van der Waals surface area (Å²) in [5, 5.41) is 2.18. The van der Waals surface area contributed by atoms with E-state index in [-0.39, 0.29) is 0 Å². The van der Waals surface area contributed by atoms with Gasteiger partial charge in [0.25, 0.3) is 0 Å². The van der Waals surface area contributed by atoms with E-state index >= 15 is 0 Å². The number of nitrogens with zero attached hydrogens (tertiary/aromatic N) is 2. The third-order valence-electron chi connectivity index (χ3n) is 3.01. The van der Waals surface area contributed by atoms with E-state index in [0.717, 1.165) is 23.5 Å². The molecule has 0 amide bonds. The number of hydrogen-bond acceptors (Lipinski definition) is 2. The van der Waals surface area contributed by atoms with Crippen LogP contribution in [0, 0.1) is 20.8 Å². The van der Waals surface area contributed by atoms with Gasteiger partial charge in [-0.1, -0.05) is 24.6 Å². The number of benzene rings is 1. The monoisotopic (exact) mass is 260 g/mol. The van der Waals surface area contributed by atoms with Gasteiger partial charge >= 0.3 is 0 Å². The predicted octanol–water partition coefficient (Wildman–Crippen LogP) is 4.12. The lowest BCUT2D eigenvalue weighted by Crippen LogP contribution is -2.15. The Morgan fingerprint density at radius 2 is 2.00 bits per heavy atom. The average Bonchev–Trinajstić information content (AvgIpc) is 2.66. The van der Waals surface area contributed by atoms with Crippen LogP contribution >= 0.6 is 11.3 Å². The minimum Gasteiger partial charge on any atom is -0.321 e. The number of aromatic nitrogens is 1. The van der Waals surface area contributed by atoms with Crippen molar-refractivity contribution in [3.05, 3.63) is 45.2 Å². The predicted molar refractivity (Wildman–Crippen MR) is 78.5 cm³/mol. The number of hydrogen-bond donors (Lipinski definition) is 0. The zero-order valence-electron chi connectivity index (χ0n) is 11.5. The number of aryl methyl sites for hydroxylation is 3. The van der Waals surface area contributed by atoms with Gasteiger partial charge in [0, 0.05) is 17.6 Å². The number of thiazole rings is 1. The SMILES string of the molecule is CCCn1c(C)csc1=Nc1ccc(C)cc1C. The first-order valence-electron chi connectivity index (χ1n) is 6.38. The molecule has 0 saturated heterocycles. The normalized spacial score (nSPS) is 12.1. The fourth-order valence-corrected chi connectivity index (χ4v) is 2.95. The van der Waals surface area contributed by atoms with Crippen LogP contribution in [0.3, 0.4) is 0 Å². The highest BCUT2D eigenvalue weighted by Crippen LogP contribution is 2.19. The molecule has 0 spiro atoms. The van der Waals surface area contributed by atoms with Crippen molar-refractivity contribution >= 4 is 17.0 Å². The standard InChI is InChI=1S/C15H20N2S/c1-5-8-17-13(4)10-18-15(17)16-14-7-6-11(2)9-12(14)3/h6-7,9-10H,5,8H2,1-4H3. The highest BCUT2D eigenvalue weighted by Gasteiger charge is 2.01. The molecule has 1 heterocycles. The Kier molecular flexibility index (Phi) is 4.02. The molecule has 1 aromatic carbocycles. The fraction of sp³-hybridized carbons (Fsp3) is 0.400. The van der Waals surface area contributed by atoms with Crippen LogP contribution in [-0.4, -0.2) is 4.57 Å². The van der Waals surface area contributed by atoms with Gasteiger partial charge < -0.3 is 4.57 Å². The van der Waals surface area contributed by atoms with Gasteiger partial charge in [-0.15, -0.1) is 11.3 Å². The highest BCUT2D eigenvalue weighted by molar-refractivity contribution is 7.07. The molecule has 0 radical (unpaired) electrons. The van der Waals surface area contributed by atoms with Gasteiger partial charge in [-0.25, -0.2) is 4.99 Å². The molecule has 0 fully saturated rings. The summed E-state index contributed by atoms with van der Waals surface area (Å²) < 4.78 is 2.30. The Morgan fingerprint density at radius 1 is 1.22 bits per heavy atom. The zero-order valence-corrected chi connectivity index (χ0v) is 12.3. The lowest BCUT2D eigenvalue weighted by atomic mass is 10.1. The molecular formula is C15H20N2S. The molecular weight excluding hydrogens is 240 g/mol. The molecule has 0 aliphatic carbocycles. The number of rotatable bonds is 3. The molecule has 0 unspecified atom stereocenters. The molecule has 2 nitrogen and oxygen atoms in total. The summed E-state index contributed by atoms with van der Waals surface area (Å²) in [6.45, 7) is 9.62. The van der Waals surface area contributed by atoms with Crippen molar-refractivity contribution in [1.29, 1.82) is 0 Å². The lowest BCUT2D eigenvalue weighted by molar-refractivity contribution is 0.644. The van der Waals surface area contributed by atoms with Crippen molar-refractivity contribution in [3.63, 3.8) is 0 Å². The van der Waals surface area contributed by atoms with Crippen LogP contribution in [0.25, 0.3) is 0 Å². The molecule has 0 saturated carbocycles. The Morgan fingerprint density at radius 3 is 2.67 bits per heavy atom. The molecule has 2 rings (SSSR count). The minimum atomic E-state index is 1.04. The van der Waals surface area contributed by atoms with E-state index < -0.39 is 0 Å². The van der Waals surface area contributed by atoms with E-state index in [2.05, 4.69) is 55.8 Å². The lowest BCUT2D eigenvalue weighted by Gasteiger charge is -2.04. The molecule has 0 aliphatic heterocycles. The van der Waals surface area contributed by atoms with E-state index in [9.17, 15) is 0 Å². The van der Waals surface area contributed by atoms with Crippen LogP contribution in [0.15, 0.2) is 28.6 Å². The average molecular weight is 260 g/mol. The van der Waals surface area contributed by atoms with E-state index in [4.69, 9.17) is 4.99 Å². The summed E-state index contributed by atoms with van der Waals surface area (Å²) in [6.07, 6.45) is 1.14. The van der Waals surface area contributed by atoms with Gasteiger partial charge in [0.05, 0.1) is 5.69 Å². The molecule has 0 aliphatic rings. The van der Waals surface area contributed by atoms with Crippen LogP contribution in [-0.2, 0) is 6.54 Å². The van der Waals surface area contributed by atoms with Crippen LogP contribution < -0.4 is 4.80 Å². The molecule has 2 aromatic rings. The second-order valence-corrected chi connectivity index (χ2v) is 5.55. The van der Waals surface area contributed by atoms with Crippen LogP contribution in [0.5, 0.6) is 0 Å². The highest BCUT2D eigenvalue weighted by atomic mass is 32.1. The third kappa shape index (κ3) is 2.72. The summed E-state index contributed by atoms with van der Waals surface area (Å²) in [5.41, 5.74) is 4.90. The molecule has 0 atom stereocenters. The smallest absolute Gasteiger partial charge is 0.190 e. The van der Waals surface area contributed by atoms with Gasteiger partial charge in [-0.05, 0) is 38.8 Å². The zero-order chi connectivity index (χ0) is 13.1. The van der Waals surface area contributed by atoms with Gasteiger partial charge in [0.1, 0.15) is 0 Å². The van der Waals surface area contributed by atoms with E-state index in [1.165, 1.54) is 16.8 Å². The summed E-state index contributed by atoms with van der Waals surface area (Å²) >= 11 is 1.72. The first kappa shape index (κ1) is 13.1. The van der Waals surface area contributed by atoms with Crippen molar-refractivity contribution in [2.24, 2.45) is 4.99 Å². The maximum absolute atomic E-state index is 4.80. The molecule has 3 heteroatoms. The first-order valence-corrected chi connectivity index (χ1v) is 7.26. The second kappa shape index (κ2) is 5.53. The first-order chi connectivity index (χ1) is 8.61. The second-order valence-electron chi connectivity index (χ2n) is 4.71. The molecule has 0 N–H and O–H groups in total. The molecule has 1 aromatic heterocycles. The molecule has 18 heavy (non-hydrogen) atoms. The van der Waals surface area contributed by atoms with Crippen molar-refractivity contribution < 1.29 is 0 Å². The van der Waals surface area contributed by atoms with Gasteiger partial charge in [-0.3, -0.25) is 0 Å². The molecule has 96 valence electrons. The Balaban J connectivity index is 2.50. The van der Waals surface area contributed by atoms with Gasteiger partial charge in [-0.2, -0.15) is 0 Å². The minimum absolute atomic E-state index is 1.04. The summed E-state index contributed by atoms with van der Waals surface area (Å²) in [7, 11) is 0. The van der Waals surface area contributed by atoms with Gasteiger partial charge in [0.15, 0.2) is 4.80 Å². The van der Waals surface area contributed by atoms with Crippen LogP contribution in [0.4, 0.5) is 5.69 Å². The van der Waals surface area contributed by atoms with Crippen molar-refractivity contribution in [2.45, 2.75) is 40.7 Å². The maximum Gasteiger partial charge on any atom is 0.190 e. The largest absolute Gasteiger partial charge is 0.321 e. The van der Waals surface area contributed by atoms with Gasteiger partial charge in [0.2, 0.25) is 0 Å². The summed E-state index contributed by atoms with van der Waals surface area (Å²) in [4.78, 5) is 5.90. The Hall–Kier alpha value is -1.35. The van der Waals surface area contributed by atoms with E-state index in [0.29, 0.717) is 0 Å². The van der Waals surface area contributed by atoms with Crippen LogP contribution in [0.2, 0.25) is 0 Å². The molecule has 0 bridgehead atoms. The Labute approximate surface area is 113 Å². The quantitative estimate of drug-likeness (QED) is 0.790. The summed E-state index contributed by atoms with van der Waals surface area (Å²) in [5.74, 6) is 0. The van der Waals surface area contributed by atoms with Crippen LogP contribution in [0.1, 0.15) is 30.2 Å². The third-order valence-corrected chi connectivity index (χ3v) is 3.99. The summed E-state index contributed by atoms with van der Waals surface area (Å²) in [6, 6.07) is 6.41. The maximum atomic E-state index is 4.80. The van der Waals surface area contributed by atoms with E-state index in [1.54, 1.807) is 11.3 Å². The van der Waals surface area contributed by atoms with Crippen molar-refractivity contribution in [2.75, 3.05) is 0 Å². The Bertz CT molecular complexity index is 605. The van der Waals surface area contributed by atoms with Crippen molar-refractivity contribution in [1.82, 2.24) is 4.57 Å². The van der Waals surface area contributed by atoms with Crippen molar-refractivity contribution in [3.8, 4) is 0 Å². The topological polar surface area (TPSA) is 17.3 Å².